The number of methoxy groups -OCH3 is 1. The van der Waals surface area contributed by atoms with Crippen LogP contribution in [0.3, 0.4) is 0 Å². The molecule has 0 saturated carbocycles. The van der Waals surface area contributed by atoms with E-state index in [1.165, 1.54) is 11.4 Å². The lowest BCUT2D eigenvalue weighted by Gasteiger charge is -2.23. The summed E-state index contributed by atoms with van der Waals surface area (Å²) in [6.07, 6.45) is 1.05. The van der Waals surface area contributed by atoms with Crippen LogP contribution in [0.1, 0.15) is 23.2 Å². The number of hydrogen-bond acceptors (Lipinski definition) is 5. The van der Waals surface area contributed by atoms with E-state index in [1.807, 2.05) is 24.3 Å². The first-order valence-electron chi connectivity index (χ1n) is 9.90. The predicted molar refractivity (Wildman–Crippen MR) is 117 cm³/mol. The second kappa shape index (κ2) is 8.49. The number of esters is 1. The fourth-order valence-corrected chi connectivity index (χ4v) is 5.48. The third-order valence-electron chi connectivity index (χ3n) is 5.41. The lowest BCUT2D eigenvalue weighted by atomic mass is 10.1. The molecule has 7 nitrogen and oxygen atoms in total. The molecule has 1 saturated heterocycles. The molecule has 0 unspecified atom stereocenters. The fraction of sp³-hybridized carbons (Fsp3) is 0.217. The van der Waals surface area contributed by atoms with E-state index in [-0.39, 0.29) is 11.4 Å². The van der Waals surface area contributed by atoms with Crippen LogP contribution in [-0.2, 0) is 19.6 Å². The number of carbonyl (C=O) groups is 2. The van der Waals surface area contributed by atoms with Gasteiger partial charge in [-0.15, -0.1) is 0 Å². The summed E-state index contributed by atoms with van der Waals surface area (Å²) in [5.74, 6) is -0.867. The monoisotopic (exact) mass is 438 g/mol. The summed E-state index contributed by atoms with van der Waals surface area (Å²) in [5, 5.41) is 4.53. The second-order valence-electron chi connectivity index (χ2n) is 7.34. The first-order valence-corrected chi connectivity index (χ1v) is 11.3. The summed E-state index contributed by atoms with van der Waals surface area (Å²) in [6.45, 7) is 0.286. The van der Waals surface area contributed by atoms with Gasteiger partial charge >= 0.3 is 5.97 Å². The number of sulfonamides is 1. The number of carbonyl (C=O) groups excluding carboxylic acids is 2. The summed E-state index contributed by atoms with van der Waals surface area (Å²) in [6, 6.07) is 18.0. The molecule has 1 aliphatic rings. The molecule has 1 fully saturated rings. The van der Waals surface area contributed by atoms with Crippen molar-refractivity contribution in [3.63, 3.8) is 0 Å². The molecule has 3 aromatic rings. The van der Waals surface area contributed by atoms with E-state index in [0.717, 1.165) is 10.8 Å². The quantitative estimate of drug-likeness (QED) is 0.616. The molecule has 4 rings (SSSR count). The Labute approximate surface area is 180 Å². The summed E-state index contributed by atoms with van der Waals surface area (Å²) >= 11 is 0. The van der Waals surface area contributed by atoms with Gasteiger partial charge in [-0.05, 0) is 60.0 Å². The van der Waals surface area contributed by atoms with Crippen LogP contribution in [0.15, 0.2) is 71.6 Å². The van der Waals surface area contributed by atoms with Gasteiger partial charge in [-0.2, -0.15) is 4.31 Å². The van der Waals surface area contributed by atoms with E-state index < -0.39 is 27.9 Å². The summed E-state index contributed by atoms with van der Waals surface area (Å²) in [4.78, 5) is 24.6. The SMILES string of the molecule is COC(=O)c1ccc(NC(=O)[C@H]2CCCN2S(=O)(=O)c2ccc3ccccc3c2)cc1. The Balaban J connectivity index is 1.54. The number of amides is 1. The number of anilines is 1. The maximum Gasteiger partial charge on any atom is 0.337 e. The molecule has 0 aliphatic carbocycles. The first-order chi connectivity index (χ1) is 14.9. The highest BCUT2D eigenvalue weighted by Gasteiger charge is 2.39. The van der Waals surface area contributed by atoms with Crippen LogP contribution in [0.4, 0.5) is 5.69 Å². The Morgan fingerprint density at radius 2 is 1.71 bits per heavy atom. The van der Waals surface area contributed by atoms with Gasteiger partial charge in [-0.1, -0.05) is 30.3 Å². The van der Waals surface area contributed by atoms with E-state index in [0.29, 0.717) is 24.1 Å². The number of ether oxygens (including phenoxy) is 1. The van der Waals surface area contributed by atoms with Crippen LogP contribution in [0.5, 0.6) is 0 Å². The summed E-state index contributed by atoms with van der Waals surface area (Å²) < 4.78 is 32.5. The lowest BCUT2D eigenvalue weighted by molar-refractivity contribution is -0.119. The number of rotatable bonds is 5. The zero-order valence-corrected chi connectivity index (χ0v) is 17.8. The van der Waals surface area contributed by atoms with Crippen molar-refractivity contribution in [1.82, 2.24) is 4.31 Å². The minimum Gasteiger partial charge on any atom is -0.465 e. The lowest BCUT2D eigenvalue weighted by Crippen LogP contribution is -2.43. The van der Waals surface area contributed by atoms with Gasteiger partial charge in [0.1, 0.15) is 6.04 Å². The maximum absolute atomic E-state index is 13.3. The highest BCUT2D eigenvalue weighted by atomic mass is 32.2. The molecule has 1 N–H and O–H groups in total. The van der Waals surface area contributed by atoms with Crippen LogP contribution in [0, 0.1) is 0 Å². The summed E-state index contributed by atoms with van der Waals surface area (Å²) in [7, 11) is -2.53. The average molecular weight is 439 g/mol. The van der Waals surface area contributed by atoms with Crippen molar-refractivity contribution in [3.8, 4) is 0 Å². The third-order valence-corrected chi connectivity index (χ3v) is 7.31. The predicted octanol–water partition coefficient (Wildman–Crippen LogP) is 3.42. The van der Waals surface area contributed by atoms with Gasteiger partial charge in [0.25, 0.3) is 0 Å². The minimum atomic E-state index is -3.83. The van der Waals surface area contributed by atoms with E-state index in [1.54, 1.807) is 42.5 Å². The van der Waals surface area contributed by atoms with Crippen LogP contribution < -0.4 is 5.32 Å². The molecular weight excluding hydrogens is 416 g/mol. The smallest absolute Gasteiger partial charge is 0.337 e. The van der Waals surface area contributed by atoms with Crippen molar-refractivity contribution in [2.24, 2.45) is 0 Å². The molecule has 0 aromatic heterocycles. The number of benzene rings is 3. The second-order valence-corrected chi connectivity index (χ2v) is 9.23. The molecule has 0 radical (unpaired) electrons. The van der Waals surface area contributed by atoms with E-state index in [4.69, 9.17) is 0 Å². The Kier molecular flexibility index (Phi) is 5.75. The Morgan fingerprint density at radius 3 is 2.42 bits per heavy atom. The first kappa shape index (κ1) is 21.0. The number of hydrogen-bond donors (Lipinski definition) is 1. The van der Waals surface area contributed by atoms with Crippen LogP contribution in [0.2, 0.25) is 0 Å². The van der Waals surface area contributed by atoms with Gasteiger partial charge in [0.15, 0.2) is 0 Å². The van der Waals surface area contributed by atoms with E-state index >= 15 is 0 Å². The molecule has 0 bridgehead atoms. The number of nitrogens with one attached hydrogen (secondary N) is 1. The highest BCUT2D eigenvalue weighted by Crippen LogP contribution is 2.29. The van der Waals surface area contributed by atoms with Gasteiger partial charge in [0.05, 0.1) is 17.6 Å². The standard InChI is InChI=1S/C23H22N2O5S/c1-30-23(27)17-8-11-19(12-9-17)24-22(26)21-7-4-14-25(21)31(28,29)20-13-10-16-5-2-3-6-18(16)15-20/h2-3,5-6,8-13,15,21H,4,7,14H2,1H3,(H,24,26)/t21-/m1/s1. The molecule has 0 spiro atoms. The Morgan fingerprint density at radius 1 is 1.00 bits per heavy atom. The van der Waals surface area contributed by atoms with Crippen molar-refractivity contribution in [2.45, 2.75) is 23.8 Å². The van der Waals surface area contributed by atoms with Crippen molar-refractivity contribution < 1.29 is 22.7 Å². The van der Waals surface area contributed by atoms with E-state index in [2.05, 4.69) is 10.1 Å². The normalized spacial score (nSPS) is 16.9. The van der Waals surface area contributed by atoms with Crippen molar-refractivity contribution >= 4 is 38.4 Å². The molecule has 31 heavy (non-hydrogen) atoms. The molecule has 3 aromatic carbocycles. The van der Waals surface area contributed by atoms with Crippen molar-refractivity contribution in [1.29, 1.82) is 0 Å². The van der Waals surface area contributed by atoms with Gasteiger partial charge in [0, 0.05) is 12.2 Å². The molecule has 8 heteroatoms. The van der Waals surface area contributed by atoms with Crippen molar-refractivity contribution in [3.05, 3.63) is 72.3 Å². The Bertz CT molecular complexity index is 1240. The topological polar surface area (TPSA) is 92.8 Å². The fourth-order valence-electron chi connectivity index (χ4n) is 3.79. The average Bonchev–Trinajstić information content (AvgIpc) is 3.30. The number of nitrogens with zero attached hydrogens (tertiary/aromatic N) is 1. The molecule has 1 heterocycles. The molecule has 160 valence electrons. The van der Waals surface area contributed by atoms with Gasteiger partial charge in [-0.3, -0.25) is 4.79 Å². The van der Waals surface area contributed by atoms with Crippen LogP contribution in [-0.4, -0.2) is 44.3 Å². The molecule has 1 aliphatic heterocycles. The molecule has 1 amide bonds. The largest absolute Gasteiger partial charge is 0.465 e. The zero-order chi connectivity index (χ0) is 22.0. The Hall–Kier alpha value is -3.23. The molecular formula is C23H22N2O5S. The highest BCUT2D eigenvalue weighted by molar-refractivity contribution is 7.89. The maximum atomic E-state index is 13.3. The van der Waals surface area contributed by atoms with Crippen molar-refractivity contribution in [2.75, 3.05) is 19.0 Å². The van der Waals surface area contributed by atoms with Gasteiger partial charge in [-0.25, -0.2) is 13.2 Å². The van der Waals surface area contributed by atoms with Gasteiger partial charge < -0.3 is 10.1 Å². The minimum absolute atomic E-state index is 0.174. The summed E-state index contributed by atoms with van der Waals surface area (Å²) in [5.41, 5.74) is 0.842. The van der Waals surface area contributed by atoms with Crippen LogP contribution >= 0.6 is 0 Å². The zero-order valence-electron chi connectivity index (χ0n) is 16.9. The van der Waals surface area contributed by atoms with Crippen LogP contribution in [0.25, 0.3) is 10.8 Å². The number of fused-ring (bicyclic) bond motifs is 1. The molecule has 1 atom stereocenters. The van der Waals surface area contributed by atoms with E-state index in [9.17, 15) is 18.0 Å². The third kappa shape index (κ3) is 4.17. The van der Waals surface area contributed by atoms with Gasteiger partial charge in [0.2, 0.25) is 15.9 Å².